The number of hydrogen-bond acceptors (Lipinski definition) is 7. The zero-order valence-electron chi connectivity index (χ0n) is 21.5. The van der Waals surface area contributed by atoms with Gasteiger partial charge in [0, 0.05) is 30.8 Å². The molecule has 5 rings (SSSR count). The molecule has 1 fully saturated rings. The van der Waals surface area contributed by atoms with Crippen LogP contribution in [0.15, 0.2) is 77.2 Å². The van der Waals surface area contributed by atoms with E-state index in [-0.39, 0.29) is 17.8 Å². The van der Waals surface area contributed by atoms with Crippen molar-refractivity contribution in [1.29, 1.82) is 0 Å². The summed E-state index contributed by atoms with van der Waals surface area (Å²) in [7, 11) is 0. The zero-order valence-corrected chi connectivity index (χ0v) is 21.5. The Balaban J connectivity index is 1.14. The van der Waals surface area contributed by atoms with Crippen molar-refractivity contribution in [2.24, 2.45) is 0 Å². The molecule has 1 aromatic heterocycles. The van der Waals surface area contributed by atoms with Gasteiger partial charge < -0.3 is 19.0 Å². The minimum Gasteiger partial charge on any atom is -0.494 e. The molecule has 0 radical (unpaired) electrons. The molecule has 0 amide bonds. The van der Waals surface area contributed by atoms with E-state index in [2.05, 4.69) is 41.1 Å². The summed E-state index contributed by atoms with van der Waals surface area (Å²) in [6.45, 7) is 7.91. The summed E-state index contributed by atoms with van der Waals surface area (Å²) in [4.78, 5) is 13.5. The van der Waals surface area contributed by atoms with Gasteiger partial charge in [-0.15, -0.1) is 10.2 Å². The van der Waals surface area contributed by atoms with Crippen molar-refractivity contribution in [1.82, 2.24) is 15.1 Å². The number of aromatic carboxylic acids is 1. The first-order chi connectivity index (χ1) is 18.4. The van der Waals surface area contributed by atoms with Crippen LogP contribution in [0.4, 0.5) is 0 Å². The third-order valence-electron chi connectivity index (χ3n) is 6.51. The number of morpholine rings is 1. The van der Waals surface area contributed by atoms with E-state index in [0.29, 0.717) is 24.0 Å². The molecule has 1 aliphatic rings. The standard InChI is InChI=1S/C30H31N3O5/c1-20-18-33(19-21(2)37-20)16-3-17-36-27-14-12-23(13-15-27)22-4-6-24(7-5-22)28-31-32-29(38-28)25-8-10-26(11-9-25)30(34)35/h4-15,20-21H,3,16-19H2,1-2H3,(H,34,35). The van der Waals surface area contributed by atoms with Crippen LogP contribution in [-0.4, -0.2) is 64.6 Å². The van der Waals surface area contributed by atoms with Crippen LogP contribution in [0.2, 0.25) is 0 Å². The second-order valence-corrected chi connectivity index (χ2v) is 9.62. The van der Waals surface area contributed by atoms with Crippen LogP contribution in [0.1, 0.15) is 30.6 Å². The summed E-state index contributed by atoms with van der Waals surface area (Å²) in [5, 5.41) is 17.3. The van der Waals surface area contributed by atoms with Gasteiger partial charge in [0.05, 0.1) is 24.4 Å². The Bertz CT molecular complexity index is 1340. The van der Waals surface area contributed by atoms with Crippen LogP contribution in [-0.2, 0) is 4.74 Å². The van der Waals surface area contributed by atoms with Crippen molar-refractivity contribution < 1.29 is 23.8 Å². The minimum absolute atomic E-state index is 0.205. The SMILES string of the molecule is CC1CN(CCCOc2ccc(-c3ccc(-c4nnc(-c5ccc(C(=O)O)cc5)o4)cc3)cc2)CC(C)O1. The van der Waals surface area contributed by atoms with Crippen molar-refractivity contribution in [2.75, 3.05) is 26.2 Å². The highest BCUT2D eigenvalue weighted by molar-refractivity contribution is 5.88. The summed E-state index contributed by atoms with van der Waals surface area (Å²) >= 11 is 0. The molecule has 1 N–H and O–H groups in total. The van der Waals surface area contributed by atoms with Gasteiger partial charge in [0.1, 0.15) is 5.75 Å². The number of benzene rings is 3. The van der Waals surface area contributed by atoms with Gasteiger partial charge in [0.2, 0.25) is 11.8 Å². The molecular formula is C30H31N3O5. The monoisotopic (exact) mass is 513 g/mol. The molecule has 8 heteroatoms. The van der Waals surface area contributed by atoms with Gasteiger partial charge >= 0.3 is 5.97 Å². The second kappa shape index (κ2) is 11.6. The van der Waals surface area contributed by atoms with Crippen LogP contribution >= 0.6 is 0 Å². The average Bonchev–Trinajstić information content (AvgIpc) is 3.42. The van der Waals surface area contributed by atoms with Crippen molar-refractivity contribution in [3.63, 3.8) is 0 Å². The number of nitrogens with zero attached hydrogens (tertiary/aromatic N) is 3. The normalized spacial score (nSPS) is 17.8. The zero-order chi connectivity index (χ0) is 26.5. The first-order valence-electron chi connectivity index (χ1n) is 12.8. The lowest BCUT2D eigenvalue weighted by Gasteiger charge is -2.35. The maximum Gasteiger partial charge on any atom is 0.335 e. The third kappa shape index (κ3) is 6.27. The first-order valence-corrected chi connectivity index (χ1v) is 12.8. The van der Waals surface area contributed by atoms with Crippen molar-refractivity contribution in [3.8, 4) is 39.8 Å². The number of carboxylic acid groups (broad SMARTS) is 1. The minimum atomic E-state index is -0.978. The molecule has 0 aliphatic carbocycles. The molecular weight excluding hydrogens is 482 g/mol. The third-order valence-corrected chi connectivity index (χ3v) is 6.51. The maximum atomic E-state index is 11.0. The van der Waals surface area contributed by atoms with E-state index in [9.17, 15) is 4.79 Å². The molecule has 38 heavy (non-hydrogen) atoms. The van der Waals surface area contributed by atoms with E-state index in [0.717, 1.165) is 48.5 Å². The second-order valence-electron chi connectivity index (χ2n) is 9.62. The predicted octanol–water partition coefficient (Wildman–Crippen LogP) is 5.65. The Morgan fingerprint density at radius 3 is 1.89 bits per heavy atom. The van der Waals surface area contributed by atoms with E-state index in [1.165, 1.54) is 12.1 Å². The Morgan fingerprint density at radius 1 is 0.842 bits per heavy atom. The van der Waals surface area contributed by atoms with Crippen molar-refractivity contribution in [3.05, 3.63) is 78.4 Å². The topological polar surface area (TPSA) is 97.9 Å². The molecule has 1 aliphatic heterocycles. The molecule has 1 saturated heterocycles. The summed E-state index contributed by atoms with van der Waals surface area (Å²) in [5.41, 5.74) is 3.83. The van der Waals surface area contributed by atoms with Crippen molar-refractivity contribution in [2.45, 2.75) is 32.5 Å². The molecule has 0 bridgehead atoms. The summed E-state index contributed by atoms with van der Waals surface area (Å²) in [6, 6.07) is 22.4. The van der Waals surface area contributed by atoms with Crippen LogP contribution in [0.5, 0.6) is 5.75 Å². The number of hydrogen-bond donors (Lipinski definition) is 1. The summed E-state index contributed by atoms with van der Waals surface area (Å²) in [6.07, 6.45) is 1.56. The van der Waals surface area contributed by atoms with E-state index in [1.807, 2.05) is 36.4 Å². The molecule has 3 aromatic carbocycles. The Hall–Kier alpha value is -4.01. The van der Waals surface area contributed by atoms with E-state index in [1.54, 1.807) is 12.1 Å². The molecule has 0 saturated carbocycles. The summed E-state index contributed by atoms with van der Waals surface area (Å²) < 4.78 is 17.6. The number of aromatic nitrogens is 2. The van der Waals surface area contributed by atoms with E-state index in [4.69, 9.17) is 19.0 Å². The highest BCUT2D eigenvalue weighted by Crippen LogP contribution is 2.28. The lowest BCUT2D eigenvalue weighted by Crippen LogP contribution is -2.45. The predicted molar refractivity (Wildman–Crippen MR) is 144 cm³/mol. The lowest BCUT2D eigenvalue weighted by atomic mass is 10.0. The Kier molecular flexibility index (Phi) is 7.81. The highest BCUT2D eigenvalue weighted by atomic mass is 16.5. The van der Waals surface area contributed by atoms with Gasteiger partial charge in [0.25, 0.3) is 0 Å². The van der Waals surface area contributed by atoms with Crippen LogP contribution in [0.3, 0.4) is 0 Å². The number of ether oxygens (including phenoxy) is 2. The van der Waals surface area contributed by atoms with Gasteiger partial charge in [-0.3, -0.25) is 4.90 Å². The maximum absolute atomic E-state index is 11.0. The largest absolute Gasteiger partial charge is 0.494 e. The number of rotatable bonds is 9. The number of carbonyl (C=O) groups is 1. The molecule has 2 heterocycles. The van der Waals surface area contributed by atoms with Gasteiger partial charge in [-0.1, -0.05) is 24.3 Å². The van der Waals surface area contributed by atoms with Crippen LogP contribution < -0.4 is 4.74 Å². The van der Waals surface area contributed by atoms with Crippen molar-refractivity contribution >= 4 is 5.97 Å². The Morgan fingerprint density at radius 2 is 1.34 bits per heavy atom. The fraction of sp³-hybridized carbons (Fsp3) is 0.300. The lowest BCUT2D eigenvalue weighted by molar-refractivity contribution is -0.0686. The quantitative estimate of drug-likeness (QED) is 0.287. The fourth-order valence-corrected chi connectivity index (χ4v) is 4.71. The highest BCUT2D eigenvalue weighted by Gasteiger charge is 2.21. The van der Waals surface area contributed by atoms with Crippen LogP contribution in [0.25, 0.3) is 34.0 Å². The molecule has 2 unspecified atom stereocenters. The average molecular weight is 514 g/mol. The van der Waals surface area contributed by atoms with Gasteiger partial charge in [-0.2, -0.15) is 0 Å². The summed E-state index contributed by atoms with van der Waals surface area (Å²) in [5.74, 6) is 0.627. The van der Waals surface area contributed by atoms with Crippen LogP contribution in [0, 0.1) is 0 Å². The molecule has 4 aromatic rings. The molecule has 0 spiro atoms. The van der Waals surface area contributed by atoms with Gasteiger partial charge in [0.15, 0.2) is 0 Å². The number of carboxylic acids is 1. The molecule has 8 nitrogen and oxygen atoms in total. The fourth-order valence-electron chi connectivity index (χ4n) is 4.71. The first kappa shape index (κ1) is 25.6. The Labute approximate surface area is 221 Å². The van der Waals surface area contributed by atoms with Gasteiger partial charge in [-0.05, 0) is 79.9 Å². The van der Waals surface area contributed by atoms with E-state index < -0.39 is 5.97 Å². The van der Waals surface area contributed by atoms with Gasteiger partial charge in [-0.25, -0.2) is 4.79 Å². The van der Waals surface area contributed by atoms with E-state index >= 15 is 0 Å². The molecule has 196 valence electrons. The smallest absolute Gasteiger partial charge is 0.335 e. The molecule has 2 atom stereocenters.